The monoisotopic (exact) mass is 472 g/mol. The van der Waals surface area contributed by atoms with E-state index in [1.165, 1.54) is 29.3 Å². The van der Waals surface area contributed by atoms with E-state index in [1.54, 1.807) is 12.1 Å². The second-order valence-corrected chi connectivity index (χ2v) is 8.18. The van der Waals surface area contributed by atoms with Crippen molar-refractivity contribution in [3.63, 3.8) is 0 Å². The van der Waals surface area contributed by atoms with E-state index < -0.39 is 24.5 Å². The summed E-state index contributed by atoms with van der Waals surface area (Å²) in [6, 6.07) is 5.84. The number of urea groups is 1. The molecule has 3 aromatic rings. The number of aromatic hydroxyl groups is 1. The number of phenols is 1. The van der Waals surface area contributed by atoms with Gasteiger partial charge in [0, 0.05) is 18.8 Å². The number of nitrogens with zero attached hydrogens (tertiary/aromatic N) is 5. The summed E-state index contributed by atoms with van der Waals surface area (Å²) >= 11 is 0. The van der Waals surface area contributed by atoms with Gasteiger partial charge in [-0.3, -0.25) is 0 Å². The molecule has 4 atom stereocenters. The second-order valence-electron chi connectivity index (χ2n) is 8.18. The summed E-state index contributed by atoms with van der Waals surface area (Å²) in [5.74, 6) is 0.395. The van der Waals surface area contributed by atoms with E-state index in [9.17, 15) is 20.1 Å². The van der Waals surface area contributed by atoms with E-state index in [0.29, 0.717) is 42.8 Å². The number of fused-ring (bicyclic) bond motifs is 1. The summed E-state index contributed by atoms with van der Waals surface area (Å²) in [6.07, 6.45) is -0.397. The molecule has 4 rings (SSSR count). The van der Waals surface area contributed by atoms with Crippen molar-refractivity contribution in [1.82, 2.24) is 30.0 Å². The molecule has 0 saturated carbocycles. The maximum Gasteiger partial charge on any atom is 0.319 e. The number of anilines is 2. The number of likely N-dealkylation sites (N-methyl/N-ethyl adjacent to an activating group) is 1. The Labute approximate surface area is 195 Å². The number of nitrogens with two attached hydrogens (primary N) is 1. The molecule has 1 saturated heterocycles. The molecule has 34 heavy (non-hydrogen) atoms. The van der Waals surface area contributed by atoms with Gasteiger partial charge in [-0.05, 0) is 44.3 Å². The lowest BCUT2D eigenvalue weighted by Gasteiger charge is -2.22. The minimum atomic E-state index is -1.19. The van der Waals surface area contributed by atoms with Crippen molar-refractivity contribution in [2.24, 2.45) is 0 Å². The largest absolute Gasteiger partial charge is 0.508 e. The van der Waals surface area contributed by atoms with Gasteiger partial charge in [0.05, 0.1) is 11.6 Å². The van der Waals surface area contributed by atoms with Crippen molar-refractivity contribution in [2.75, 3.05) is 37.7 Å². The Kier molecular flexibility index (Phi) is 7.07. The first-order valence-corrected chi connectivity index (χ1v) is 10.8. The number of phenolic OH excluding ortho intramolecular Hbond substituents is 1. The Morgan fingerprint density at radius 3 is 2.76 bits per heavy atom. The fourth-order valence-electron chi connectivity index (χ4n) is 3.82. The Hall–Kier alpha value is -3.52. The molecular weight excluding hydrogens is 444 g/mol. The van der Waals surface area contributed by atoms with Gasteiger partial charge in [-0.25, -0.2) is 19.4 Å². The van der Waals surface area contributed by atoms with Crippen LogP contribution in [0.1, 0.15) is 12.6 Å². The van der Waals surface area contributed by atoms with Crippen LogP contribution >= 0.6 is 0 Å². The molecule has 0 spiro atoms. The van der Waals surface area contributed by atoms with Gasteiger partial charge in [-0.15, -0.1) is 0 Å². The van der Waals surface area contributed by atoms with Crippen molar-refractivity contribution in [3.8, 4) is 5.75 Å². The van der Waals surface area contributed by atoms with Crippen LogP contribution in [-0.2, 0) is 4.74 Å². The van der Waals surface area contributed by atoms with Gasteiger partial charge in [0.1, 0.15) is 36.2 Å². The first-order valence-electron chi connectivity index (χ1n) is 10.8. The zero-order valence-corrected chi connectivity index (χ0v) is 18.6. The number of rotatable bonds is 8. The van der Waals surface area contributed by atoms with Crippen LogP contribution in [0, 0.1) is 0 Å². The maximum absolute atomic E-state index is 12.0. The molecule has 0 radical (unpaired) electrons. The first-order chi connectivity index (χ1) is 16.3. The normalized spacial score (nSPS) is 22.4. The summed E-state index contributed by atoms with van der Waals surface area (Å²) in [7, 11) is 1.86. The number of aliphatic hydroxyl groups is 2. The van der Waals surface area contributed by atoms with E-state index in [1.807, 2.05) is 11.9 Å². The highest BCUT2D eigenvalue weighted by atomic mass is 16.6. The molecule has 2 amide bonds. The molecule has 2 aromatic heterocycles. The topological polar surface area (TPSA) is 184 Å². The molecule has 0 bridgehead atoms. The number of carbonyl (C=O) groups excluding carboxylic acids is 1. The number of hydrogen-bond acceptors (Lipinski definition) is 10. The van der Waals surface area contributed by atoms with Crippen LogP contribution in [0.5, 0.6) is 5.75 Å². The van der Waals surface area contributed by atoms with Gasteiger partial charge >= 0.3 is 6.03 Å². The van der Waals surface area contributed by atoms with Gasteiger partial charge in [-0.1, -0.05) is 0 Å². The lowest BCUT2D eigenvalue weighted by molar-refractivity contribution is -0.0485. The fourth-order valence-corrected chi connectivity index (χ4v) is 3.82. The first kappa shape index (κ1) is 23.6. The zero-order chi connectivity index (χ0) is 24.2. The molecule has 7 N–H and O–H groups in total. The van der Waals surface area contributed by atoms with Gasteiger partial charge in [0.25, 0.3) is 0 Å². The Morgan fingerprint density at radius 2 is 2.00 bits per heavy atom. The highest BCUT2D eigenvalue weighted by Gasteiger charge is 2.45. The van der Waals surface area contributed by atoms with Gasteiger partial charge in [-0.2, -0.15) is 5.10 Å². The number of aromatic nitrogens is 4. The van der Waals surface area contributed by atoms with Gasteiger partial charge in [0.15, 0.2) is 11.9 Å². The van der Waals surface area contributed by atoms with Gasteiger partial charge < -0.3 is 41.3 Å². The van der Waals surface area contributed by atoms with Crippen LogP contribution in [0.4, 0.5) is 16.3 Å². The minimum absolute atomic E-state index is 0.126. The summed E-state index contributed by atoms with van der Waals surface area (Å²) < 4.78 is 7.33. The van der Waals surface area contributed by atoms with Crippen molar-refractivity contribution in [1.29, 1.82) is 0 Å². The van der Waals surface area contributed by atoms with Gasteiger partial charge in [0.2, 0.25) is 0 Å². The molecule has 1 aliphatic heterocycles. The summed E-state index contributed by atoms with van der Waals surface area (Å²) in [4.78, 5) is 22.0. The number of hydrogen-bond donors (Lipinski definition) is 6. The molecular formula is C21H28N8O5. The average molecular weight is 473 g/mol. The van der Waals surface area contributed by atoms with Crippen LogP contribution in [0.3, 0.4) is 0 Å². The van der Waals surface area contributed by atoms with E-state index >= 15 is 0 Å². The lowest BCUT2D eigenvalue weighted by Crippen LogP contribution is -2.39. The van der Waals surface area contributed by atoms with Crippen molar-refractivity contribution in [3.05, 3.63) is 36.8 Å². The molecule has 0 aliphatic carbocycles. The Morgan fingerprint density at radius 1 is 1.24 bits per heavy atom. The van der Waals surface area contributed by atoms with Crippen LogP contribution < -0.4 is 16.4 Å². The molecule has 3 heterocycles. The molecule has 1 aliphatic rings. The summed E-state index contributed by atoms with van der Waals surface area (Å²) in [5, 5.41) is 40.6. The predicted octanol–water partition coefficient (Wildman–Crippen LogP) is -0.123. The van der Waals surface area contributed by atoms with Crippen molar-refractivity contribution >= 4 is 28.6 Å². The number of ether oxygens (including phenoxy) is 1. The van der Waals surface area contributed by atoms with E-state index in [-0.39, 0.29) is 17.6 Å². The highest BCUT2D eigenvalue weighted by molar-refractivity contribution is 5.89. The van der Waals surface area contributed by atoms with Crippen molar-refractivity contribution in [2.45, 2.75) is 31.0 Å². The van der Waals surface area contributed by atoms with Crippen molar-refractivity contribution < 1.29 is 24.9 Å². The number of amides is 2. The van der Waals surface area contributed by atoms with E-state index in [2.05, 4.69) is 25.7 Å². The summed E-state index contributed by atoms with van der Waals surface area (Å²) in [5.41, 5.74) is 6.83. The number of nitrogen functional groups attached to an aromatic ring is 1. The van der Waals surface area contributed by atoms with Crippen LogP contribution in [0.15, 0.2) is 36.8 Å². The number of carbonyl (C=O) groups is 1. The number of nitrogens with one attached hydrogen (secondary N) is 2. The number of benzene rings is 1. The molecule has 182 valence electrons. The van der Waals surface area contributed by atoms with Crippen LogP contribution in [0.2, 0.25) is 0 Å². The Bertz CT molecular complexity index is 1120. The van der Waals surface area contributed by atoms with Crippen LogP contribution in [-0.4, -0.2) is 91.0 Å². The quantitative estimate of drug-likeness (QED) is 0.191. The van der Waals surface area contributed by atoms with E-state index in [4.69, 9.17) is 10.5 Å². The summed E-state index contributed by atoms with van der Waals surface area (Å²) in [6.45, 7) is 1.43. The molecule has 13 nitrogen and oxygen atoms in total. The van der Waals surface area contributed by atoms with Crippen LogP contribution in [0.25, 0.3) is 11.0 Å². The molecule has 1 aromatic carbocycles. The minimum Gasteiger partial charge on any atom is -0.508 e. The average Bonchev–Trinajstić information content (AvgIpc) is 3.36. The second kappa shape index (κ2) is 10.2. The van der Waals surface area contributed by atoms with E-state index in [0.717, 1.165) is 0 Å². The SMILES string of the molecule is CN(CCCNC(=O)Nc1ccc(O)cc1)C[C@H]1O[C@@H](n2ncc3c(N)ncnc32)[C@H](O)[C@@H]1O. The fraction of sp³-hybridized carbons (Fsp3) is 0.429. The smallest absolute Gasteiger partial charge is 0.319 e. The lowest BCUT2D eigenvalue weighted by atomic mass is 10.1. The standard InChI is InChI=1S/C21H28N8O5/c1-28(8-2-7-23-21(33)27-12-3-5-13(30)6-4-12)10-15-16(31)17(32)20(34-15)29-19-14(9-26-29)18(22)24-11-25-19/h3-6,9,11,15-17,20,30-32H,2,7-8,10H2,1H3,(H2,22,24,25)(H2,23,27,33)/t15-,16-,17-,20-/m1/s1. The third-order valence-electron chi connectivity index (χ3n) is 5.62. The molecule has 1 fully saturated rings. The number of aliphatic hydroxyl groups excluding tert-OH is 2. The third kappa shape index (κ3) is 5.17. The third-order valence-corrected chi connectivity index (χ3v) is 5.62. The highest BCUT2D eigenvalue weighted by Crippen LogP contribution is 2.32. The Balaban J connectivity index is 1.24. The molecule has 0 unspecified atom stereocenters. The maximum atomic E-state index is 12.0. The molecule has 13 heteroatoms. The predicted molar refractivity (Wildman–Crippen MR) is 123 cm³/mol. The zero-order valence-electron chi connectivity index (χ0n) is 18.6.